The highest BCUT2D eigenvalue weighted by molar-refractivity contribution is 6.36. The molecule has 1 fully saturated rings. The summed E-state index contributed by atoms with van der Waals surface area (Å²) in [6, 6.07) is 10.3. The Kier molecular flexibility index (Phi) is 6.40. The molecule has 10 heteroatoms. The minimum absolute atomic E-state index is 0.0109. The van der Waals surface area contributed by atoms with Crippen LogP contribution in [0.2, 0.25) is 5.02 Å². The predicted octanol–water partition coefficient (Wildman–Crippen LogP) is 6.01. The molecule has 1 N–H and O–H groups in total. The molecule has 0 heterocycles. The van der Waals surface area contributed by atoms with Gasteiger partial charge in [-0.15, -0.1) is 0 Å². The third-order valence-corrected chi connectivity index (χ3v) is 6.03. The lowest BCUT2D eigenvalue weighted by Crippen LogP contribution is -2.55. The SMILES string of the molecule is O=COC1(NC(=O)c2cc(Cl)c3ccccc3c2OCc2ccc(C(F)(F)F)cc2F)CCC1. The first-order valence-electron chi connectivity index (χ1n) is 10.3. The molecule has 0 aliphatic heterocycles. The molecule has 1 amide bonds. The standard InChI is InChI=1S/C24H18ClF4NO4/c25-19-11-18(22(32)30-23(34-13-31)8-3-9-23)21(17-5-2-1-4-16(17)19)33-12-14-6-7-15(10-20(14)26)24(27,28)29/h1-2,4-7,10-11,13H,3,8-9,12H2,(H,30,32). The highest BCUT2D eigenvalue weighted by Gasteiger charge is 2.41. The second-order valence-corrected chi connectivity index (χ2v) is 8.30. The van der Waals surface area contributed by atoms with E-state index in [0.29, 0.717) is 29.7 Å². The van der Waals surface area contributed by atoms with Crippen molar-refractivity contribution in [3.05, 3.63) is 76.1 Å². The van der Waals surface area contributed by atoms with Crippen LogP contribution in [0.25, 0.3) is 10.8 Å². The van der Waals surface area contributed by atoms with Crippen LogP contribution in [0.4, 0.5) is 17.6 Å². The van der Waals surface area contributed by atoms with Gasteiger partial charge in [0.25, 0.3) is 12.4 Å². The summed E-state index contributed by atoms with van der Waals surface area (Å²) in [4.78, 5) is 24.0. The average molecular weight is 496 g/mol. The van der Waals surface area contributed by atoms with Crippen molar-refractivity contribution in [1.82, 2.24) is 5.32 Å². The molecule has 34 heavy (non-hydrogen) atoms. The number of halogens is 5. The molecule has 0 aromatic heterocycles. The molecule has 0 atom stereocenters. The molecule has 5 nitrogen and oxygen atoms in total. The van der Waals surface area contributed by atoms with Gasteiger partial charge >= 0.3 is 6.18 Å². The van der Waals surface area contributed by atoms with E-state index in [4.69, 9.17) is 21.1 Å². The van der Waals surface area contributed by atoms with Gasteiger partial charge in [0.2, 0.25) is 0 Å². The summed E-state index contributed by atoms with van der Waals surface area (Å²) in [5.41, 5.74) is -2.37. The number of amides is 1. The number of alkyl halides is 3. The van der Waals surface area contributed by atoms with Crippen molar-refractivity contribution in [2.75, 3.05) is 0 Å². The average Bonchev–Trinajstić information content (AvgIpc) is 2.77. The largest absolute Gasteiger partial charge is 0.487 e. The molecule has 1 aliphatic carbocycles. The van der Waals surface area contributed by atoms with Gasteiger partial charge in [0, 0.05) is 34.2 Å². The van der Waals surface area contributed by atoms with Crippen molar-refractivity contribution in [3.8, 4) is 5.75 Å². The summed E-state index contributed by atoms with van der Waals surface area (Å²) in [7, 11) is 0. The molecule has 3 aromatic carbocycles. The molecule has 1 aliphatic rings. The number of carbonyl (C=O) groups is 2. The van der Waals surface area contributed by atoms with Crippen LogP contribution >= 0.6 is 11.6 Å². The highest BCUT2D eigenvalue weighted by Crippen LogP contribution is 2.38. The van der Waals surface area contributed by atoms with Gasteiger partial charge in [-0.2, -0.15) is 13.2 Å². The molecule has 3 aromatic rings. The van der Waals surface area contributed by atoms with Gasteiger partial charge in [-0.1, -0.05) is 41.9 Å². The summed E-state index contributed by atoms with van der Waals surface area (Å²) in [6.07, 6.45) is -3.06. The lowest BCUT2D eigenvalue weighted by atomic mass is 9.87. The Balaban J connectivity index is 1.69. The molecule has 0 radical (unpaired) electrons. The van der Waals surface area contributed by atoms with Crippen LogP contribution in [0.15, 0.2) is 48.5 Å². The first kappa shape index (κ1) is 23.8. The van der Waals surface area contributed by atoms with Crippen molar-refractivity contribution >= 4 is 34.8 Å². The third kappa shape index (κ3) is 4.65. The monoisotopic (exact) mass is 495 g/mol. The quantitative estimate of drug-likeness (QED) is 0.247. The smallest absolute Gasteiger partial charge is 0.416 e. The maximum absolute atomic E-state index is 14.4. The van der Waals surface area contributed by atoms with E-state index in [1.807, 2.05) is 0 Å². The number of ether oxygens (including phenoxy) is 2. The fourth-order valence-corrected chi connectivity index (χ4v) is 4.03. The molecule has 0 spiro atoms. The van der Waals surface area contributed by atoms with E-state index in [0.717, 1.165) is 18.6 Å². The Morgan fingerprint density at radius 3 is 2.41 bits per heavy atom. The molecule has 0 unspecified atom stereocenters. The van der Waals surface area contributed by atoms with Gasteiger partial charge in [0.05, 0.1) is 11.1 Å². The van der Waals surface area contributed by atoms with Crippen molar-refractivity contribution < 1.29 is 36.6 Å². The summed E-state index contributed by atoms with van der Waals surface area (Å²) in [5, 5.41) is 3.95. The van der Waals surface area contributed by atoms with Crippen LogP contribution in [0, 0.1) is 5.82 Å². The van der Waals surface area contributed by atoms with Gasteiger partial charge in [0.1, 0.15) is 18.2 Å². The van der Waals surface area contributed by atoms with Crippen molar-refractivity contribution in [3.63, 3.8) is 0 Å². The number of benzene rings is 3. The Morgan fingerprint density at radius 2 is 1.82 bits per heavy atom. The normalized spacial score (nSPS) is 14.9. The van der Waals surface area contributed by atoms with E-state index in [1.165, 1.54) is 6.07 Å². The Bertz CT molecular complexity index is 1260. The molecular formula is C24H18ClF4NO4. The molecule has 0 saturated heterocycles. The van der Waals surface area contributed by atoms with Crippen molar-refractivity contribution in [2.45, 2.75) is 37.8 Å². The highest BCUT2D eigenvalue weighted by atomic mass is 35.5. The topological polar surface area (TPSA) is 64.6 Å². The van der Waals surface area contributed by atoms with E-state index in [-0.39, 0.29) is 28.4 Å². The molecule has 4 rings (SSSR count). The Morgan fingerprint density at radius 1 is 1.12 bits per heavy atom. The van der Waals surface area contributed by atoms with Crippen molar-refractivity contribution in [2.24, 2.45) is 0 Å². The zero-order chi connectivity index (χ0) is 24.5. The van der Waals surface area contributed by atoms with Gasteiger partial charge in [-0.25, -0.2) is 4.39 Å². The van der Waals surface area contributed by atoms with Crippen LogP contribution < -0.4 is 10.1 Å². The van der Waals surface area contributed by atoms with Crippen LogP contribution in [-0.4, -0.2) is 18.1 Å². The number of hydrogen-bond donors (Lipinski definition) is 1. The lowest BCUT2D eigenvalue weighted by molar-refractivity contribution is -0.156. The number of rotatable bonds is 7. The van der Waals surface area contributed by atoms with Gasteiger partial charge in [-0.3, -0.25) is 9.59 Å². The molecule has 1 saturated carbocycles. The van der Waals surface area contributed by atoms with Gasteiger partial charge < -0.3 is 14.8 Å². The second-order valence-electron chi connectivity index (χ2n) is 7.89. The number of nitrogens with one attached hydrogen (secondary N) is 1. The Labute approximate surface area is 196 Å². The minimum atomic E-state index is -4.68. The van der Waals surface area contributed by atoms with E-state index >= 15 is 0 Å². The third-order valence-electron chi connectivity index (χ3n) is 5.72. The van der Waals surface area contributed by atoms with Gasteiger partial charge in [0.15, 0.2) is 5.72 Å². The fourth-order valence-electron chi connectivity index (χ4n) is 3.76. The van der Waals surface area contributed by atoms with Gasteiger partial charge in [-0.05, 0) is 24.6 Å². The molecule has 0 bridgehead atoms. The summed E-state index contributed by atoms with van der Waals surface area (Å²) < 4.78 is 63.7. The van der Waals surface area contributed by atoms with E-state index < -0.39 is 35.8 Å². The predicted molar refractivity (Wildman–Crippen MR) is 116 cm³/mol. The molecular weight excluding hydrogens is 478 g/mol. The van der Waals surface area contributed by atoms with Crippen LogP contribution in [0.5, 0.6) is 5.75 Å². The van der Waals surface area contributed by atoms with E-state index in [9.17, 15) is 27.2 Å². The number of fused-ring (bicyclic) bond motifs is 1. The number of carbonyl (C=O) groups excluding carboxylic acids is 2. The Hall–Kier alpha value is -3.33. The molecule has 178 valence electrons. The van der Waals surface area contributed by atoms with Crippen LogP contribution in [0.1, 0.15) is 40.7 Å². The van der Waals surface area contributed by atoms with E-state index in [2.05, 4.69) is 5.32 Å². The van der Waals surface area contributed by atoms with E-state index in [1.54, 1.807) is 24.3 Å². The fraction of sp³-hybridized carbons (Fsp3) is 0.250. The summed E-state index contributed by atoms with van der Waals surface area (Å²) in [5.74, 6) is -1.65. The zero-order valence-electron chi connectivity index (χ0n) is 17.5. The first-order chi connectivity index (χ1) is 16.1. The maximum atomic E-state index is 14.4. The second kappa shape index (κ2) is 9.13. The lowest BCUT2D eigenvalue weighted by Gasteiger charge is -2.40. The van der Waals surface area contributed by atoms with Crippen LogP contribution in [0.3, 0.4) is 0 Å². The zero-order valence-corrected chi connectivity index (χ0v) is 18.3. The van der Waals surface area contributed by atoms with Crippen LogP contribution in [-0.2, 0) is 22.3 Å². The summed E-state index contributed by atoms with van der Waals surface area (Å²) in [6.45, 7) is -0.177. The summed E-state index contributed by atoms with van der Waals surface area (Å²) >= 11 is 6.37. The number of hydrogen-bond acceptors (Lipinski definition) is 4. The maximum Gasteiger partial charge on any atom is 0.416 e. The first-order valence-corrected chi connectivity index (χ1v) is 10.6. The minimum Gasteiger partial charge on any atom is -0.487 e. The van der Waals surface area contributed by atoms with Crippen molar-refractivity contribution in [1.29, 1.82) is 0 Å².